The third-order valence-electron chi connectivity index (χ3n) is 4.62. The molecule has 0 saturated carbocycles. The number of nitrogens with zero attached hydrogens (tertiary/aromatic N) is 3. The summed E-state index contributed by atoms with van der Waals surface area (Å²) in [5.41, 5.74) is 1.26. The van der Waals surface area contributed by atoms with Gasteiger partial charge in [-0.25, -0.2) is 0 Å². The van der Waals surface area contributed by atoms with Gasteiger partial charge in [0, 0.05) is 6.07 Å². The summed E-state index contributed by atoms with van der Waals surface area (Å²) in [4.78, 5) is 12.6. The lowest BCUT2D eigenvalue weighted by molar-refractivity contribution is 0.0631. The summed E-state index contributed by atoms with van der Waals surface area (Å²) < 4.78 is 17.0. The van der Waals surface area contributed by atoms with Gasteiger partial charge in [-0.3, -0.25) is 4.79 Å². The van der Waals surface area contributed by atoms with E-state index in [0.29, 0.717) is 17.1 Å². The lowest BCUT2D eigenvalue weighted by atomic mass is 10.1. The highest BCUT2D eigenvalue weighted by Gasteiger charge is 2.15. The number of rotatable bonds is 9. The average Bonchev–Trinajstić information content (AvgIpc) is 3.32. The molecule has 2 heterocycles. The van der Waals surface area contributed by atoms with Gasteiger partial charge < -0.3 is 19.0 Å². The Morgan fingerprint density at radius 2 is 1.94 bits per heavy atom. The van der Waals surface area contributed by atoms with Crippen molar-refractivity contribution in [3.8, 4) is 23.1 Å². The summed E-state index contributed by atoms with van der Waals surface area (Å²) in [6.07, 6.45) is 1.23. The van der Waals surface area contributed by atoms with Crippen LogP contribution in [0.4, 0.5) is 0 Å². The van der Waals surface area contributed by atoms with Crippen LogP contribution in [-0.2, 0) is 6.42 Å². The highest BCUT2D eigenvalue weighted by Crippen LogP contribution is 2.26. The number of benzene rings is 2. The van der Waals surface area contributed by atoms with Crippen LogP contribution in [0.15, 0.2) is 57.7 Å². The fraction of sp³-hybridized carbons (Fsp3) is 0.273. The highest BCUT2D eigenvalue weighted by atomic mass is 16.5. The molecule has 0 aliphatic heterocycles. The van der Waals surface area contributed by atoms with Gasteiger partial charge in [0.25, 0.3) is 0 Å². The van der Waals surface area contributed by atoms with Crippen molar-refractivity contribution >= 4 is 11.0 Å². The lowest BCUT2D eigenvalue weighted by Gasteiger charge is -2.14. The van der Waals surface area contributed by atoms with E-state index in [1.54, 1.807) is 18.2 Å². The largest absolute Gasteiger partial charge is 0.491 e. The molecule has 2 N–H and O–H groups in total. The second-order valence-electron chi connectivity index (χ2n) is 7.01. The molecule has 4 rings (SSSR count). The average molecular weight is 422 g/mol. The van der Waals surface area contributed by atoms with Gasteiger partial charge in [-0.2, -0.15) is 5.21 Å². The maximum absolute atomic E-state index is 12.6. The van der Waals surface area contributed by atoms with Crippen LogP contribution in [0.2, 0.25) is 0 Å². The molecule has 0 saturated heterocycles. The molecule has 1 unspecified atom stereocenters. The first-order chi connectivity index (χ1) is 15.1. The number of aliphatic hydroxyl groups excluding tert-OH is 1. The zero-order chi connectivity index (χ0) is 21.6. The third-order valence-corrected chi connectivity index (χ3v) is 4.62. The molecule has 0 fully saturated rings. The van der Waals surface area contributed by atoms with Crippen molar-refractivity contribution in [2.45, 2.75) is 25.9 Å². The van der Waals surface area contributed by atoms with Gasteiger partial charge in [-0.05, 0) is 41.5 Å². The third kappa shape index (κ3) is 4.89. The molecule has 9 nitrogen and oxygen atoms in total. The number of aryl methyl sites for hydroxylation is 1. The van der Waals surface area contributed by atoms with Crippen molar-refractivity contribution < 1.29 is 19.0 Å². The quantitative estimate of drug-likeness (QED) is 0.422. The summed E-state index contributed by atoms with van der Waals surface area (Å²) in [6, 6.07) is 14.1. The van der Waals surface area contributed by atoms with Crippen molar-refractivity contribution in [3.63, 3.8) is 0 Å². The van der Waals surface area contributed by atoms with Crippen molar-refractivity contribution in [2.24, 2.45) is 0 Å². The van der Waals surface area contributed by atoms with Crippen molar-refractivity contribution in [3.05, 3.63) is 64.3 Å². The second kappa shape index (κ2) is 9.40. The molecule has 0 spiro atoms. The van der Waals surface area contributed by atoms with E-state index in [2.05, 4.69) is 27.5 Å². The number of nitrogens with one attached hydrogen (secondary N) is 1. The van der Waals surface area contributed by atoms with E-state index in [1.165, 1.54) is 11.6 Å². The van der Waals surface area contributed by atoms with Gasteiger partial charge in [0.15, 0.2) is 11.2 Å². The summed E-state index contributed by atoms with van der Waals surface area (Å²) in [5, 5.41) is 23.9. The molecular weight excluding hydrogens is 400 g/mol. The van der Waals surface area contributed by atoms with E-state index in [-0.39, 0.29) is 35.6 Å². The van der Waals surface area contributed by atoms with E-state index >= 15 is 0 Å². The van der Waals surface area contributed by atoms with Crippen LogP contribution in [0.1, 0.15) is 18.9 Å². The van der Waals surface area contributed by atoms with E-state index in [0.717, 1.165) is 12.8 Å². The van der Waals surface area contributed by atoms with Crippen LogP contribution in [0.5, 0.6) is 11.5 Å². The van der Waals surface area contributed by atoms with Gasteiger partial charge in [0.1, 0.15) is 41.8 Å². The topological polar surface area (TPSA) is 123 Å². The van der Waals surface area contributed by atoms with Gasteiger partial charge >= 0.3 is 0 Å². The van der Waals surface area contributed by atoms with Crippen LogP contribution < -0.4 is 14.9 Å². The second-order valence-corrected chi connectivity index (χ2v) is 7.01. The fourth-order valence-corrected chi connectivity index (χ4v) is 3.14. The minimum Gasteiger partial charge on any atom is -0.491 e. The number of aliphatic hydroxyl groups is 1. The summed E-state index contributed by atoms with van der Waals surface area (Å²) in [6.45, 7) is 2.15. The maximum atomic E-state index is 12.6. The number of aromatic nitrogens is 4. The molecule has 0 aliphatic rings. The Hall–Kier alpha value is -3.72. The van der Waals surface area contributed by atoms with E-state index in [9.17, 15) is 9.90 Å². The van der Waals surface area contributed by atoms with Crippen LogP contribution in [-0.4, -0.2) is 45.0 Å². The predicted molar refractivity (Wildman–Crippen MR) is 113 cm³/mol. The molecule has 0 aliphatic carbocycles. The van der Waals surface area contributed by atoms with Gasteiger partial charge in [0.2, 0.25) is 5.82 Å². The van der Waals surface area contributed by atoms with Crippen molar-refractivity contribution in [1.82, 2.24) is 20.6 Å². The Kier molecular flexibility index (Phi) is 6.23. The number of hydrogen-bond donors (Lipinski definition) is 2. The first-order valence-electron chi connectivity index (χ1n) is 9.97. The van der Waals surface area contributed by atoms with Crippen molar-refractivity contribution in [2.75, 3.05) is 13.2 Å². The van der Waals surface area contributed by atoms with E-state index < -0.39 is 6.10 Å². The van der Waals surface area contributed by atoms with E-state index in [4.69, 9.17) is 13.9 Å². The Labute approximate surface area is 177 Å². The summed E-state index contributed by atoms with van der Waals surface area (Å²) in [5.74, 6) is 1.37. The first-order valence-corrected chi connectivity index (χ1v) is 9.97. The molecule has 9 heteroatoms. The predicted octanol–water partition coefficient (Wildman–Crippen LogP) is 2.74. The molecular formula is C22H22N4O5. The minimum absolute atomic E-state index is 0.0426. The Morgan fingerprint density at radius 3 is 2.68 bits per heavy atom. The number of H-pyrrole nitrogens is 1. The molecule has 0 radical (unpaired) electrons. The summed E-state index contributed by atoms with van der Waals surface area (Å²) >= 11 is 0. The van der Waals surface area contributed by atoms with E-state index in [1.807, 2.05) is 24.3 Å². The lowest BCUT2D eigenvalue weighted by Crippen LogP contribution is -2.25. The van der Waals surface area contributed by atoms with Crippen molar-refractivity contribution in [1.29, 1.82) is 0 Å². The minimum atomic E-state index is -0.879. The SMILES string of the molecule is CCCc1ccc(OCC(O)COc2cccc3oc(-c4nn[nH]n4)cc(=O)c23)cc1. The maximum Gasteiger partial charge on any atom is 0.239 e. The number of tetrazole rings is 1. The number of hydrogen-bond acceptors (Lipinski definition) is 8. The van der Waals surface area contributed by atoms with Gasteiger partial charge in [-0.15, -0.1) is 10.2 Å². The molecule has 31 heavy (non-hydrogen) atoms. The monoisotopic (exact) mass is 422 g/mol. The van der Waals surface area contributed by atoms with Gasteiger partial charge in [-0.1, -0.05) is 31.5 Å². The number of aromatic amines is 1. The number of fused-ring (bicyclic) bond motifs is 1. The molecule has 160 valence electrons. The molecule has 2 aromatic carbocycles. The molecule has 1 atom stereocenters. The molecule has 4 aromatic rings. The number of ether oxygens (including phenoxy) is 2. The Morgan fingerprint density at radius 1 is 1.13 bits per heavy atom. The molecule has 0 amide bonds. The fourth-order valence-electron chi connectivity index (χ4n) is 3.14. The smallest absolute Gasteiger partial charge is 0.239 e. The first kappa shape index (κ1) is 20.5. The zero-order valence-corrected chi connectivity index (χ0v) is 16.9. The molecule has 2 aromatic heterocycles. The highest BCUT2D eigenvalue weighted by molar-refractivity contribution is 5.84. The van der Waals surface area contributed by atoms with Crippen LogP contribution >= 0.6 is 0 Å². The van der Waals surface area contributed by atoms with Crippen LogP contribution in [0, 0.1) is 0 Å². The zero-order valence-electron chi connectivity index (χ0n) is 16.9. The van der Waals surface area contributed by atoms with Crippen LogP contribution in [0.25, 0.3) is 22.6 Å². The Balaban J connectivity index is 1.41. The van der Waals surface area contributed by atoms with Crippen LogP contribution in [0.3, 0.4) is 0 Å². The normalized spacial score (nSPS) is 12.1. The molecule has 0 bridgehead atoms. The Bertz CT molecular complexity index is 1190. The summed E-state index contributed by atoms with van der Waals surface area (Å²) in [7, 11) is 0. The standard InChI is InChI=1S/C22H22N4O5/c1-2-4-14-7-9-16(10-8-14)29-12-15(27)13-30-18-5-3-6-19-21(18)17(28)11-20(31-19)22-23-25-26-24-22/h3,5-11,15,27H,2,4,12-13H2,1H3,(H,23,24,25,26). The van der Waals surface area contributed by atoms with Gasteiger partial charge in [0.05, 0.1) is 0 Å².